The van der Waals surface area contributed by atoms with Crippen LogP contribution in [0.1, 0.15) is 128 Å². The first-order chi connectivity index (χ1) is 31.8. The van der Waals surface area contributed by atoms with E-state index in [-0.39, 0.29) is 21.7 Å². The molecule has 67 heavy (non-hydrogen) atoms. The van der Waals surface area contributed by atoms with Crippen LogP contribution in [0.2, 0.25) is 0 Å². The van der Waals surface area contributed by atoms with Gasteiger partial charge in [0.05, 0.1) is 38.9 Å². The van der Waals surface area contributed by atoms with Crippen molar-refractivity contribution in [2.24, 2.45) is 0 Å². The summed E-state index contributed by atoms with van der Waals surface area (Å²) in [5, 5.41) is 5.23. The van der Waals surface area contributed by atoms with Gasteiger partial charge in [0.1, 0.15) is 0 Å². The molecule has 1 spiro atoms. The van der Waals surface area contributed by atoms with Crippen molar-refractivity contribution in [2.45, 2.75) is 110 Å². The van der Waals surface area contributed by atoms with Crippen LogP contribution in [-0.4, -0.2) is 9.13 Å². The summed E-state index contributed by atoms with van der Waals surface area (Å²) in [7, 11) is 0. The van der Waals surface area contributed by atoms with Crippen LogP contribution in [-0.2, 0) is 27.1 Å². The molecule has 0 amide bonds. The Kier molecular flexibility index (Phi) is 8.56. The molecule has 1 aliphatic heterocycles. The van der Waals surface area contributed by atoms with Crippen molar-refractivity contribution in [1.82, 2.24) is 9.13 Å². The minimum Gasteiger partial charge on any atom is -0.309 e. The zero-order valence-corrected chi connectivity index (χ0v) is 41.4. The highest BCUT2D eigenvalue weighted by atomic mass is 15.0. The molecule has 0 fully saturated rings. The number of nitrogens with zero attached hydrogens (tertiary/aromatic N) is 2. The highest BCUT2D eigenvalue weighted by Crippen LogP contribution is 2.62. The average Bonchev–Trinajstić information content (AvgIpc) is 3.91. The van der Waals surface area contributed by atoms with Crippen molar-refractivity contribution < 1.29 is 0 Å². The van der Waals surface area contributed by atoms with Gasteiger partial charge in [-0.25, -0.2) is 0 Å². The zero-order valence-electron chi connectivity index (χ0n) is 41.4. The van der Waals surface area contributed by atoms with Crippen LogP contribution in [0, 0.1) is 0 Å². The van der Waals surface area contributed by atoms with E-state index in [1.165, 1.54) is 122 Å². The summed E-state index contributed by atoms with van der Waals surface area (Å²) < 4.78 is 5.25. The number of aromatic nitrogens is 2. The standard InChI is InChI=1S/C65H62N2/c1-61(2,3)40-26-29-55-47(32-40)48-33-41(62(4,5)6)27-30-56(48)66(55)58-38-59-53(37-46(58)39-20-14-13-15-21-39)65(51-24-18-16-22-44(51)45-23-17-19-25-52(45)65)54-36-43(64(10,11)12)35-50-49-34-42(63(7,8)9)28-31-57(49)67(59)60(50)54/h13-38H,1-12H3. The number of benzene rings is 8. The highest BCUT2D eigenvalue weighted by molar-refractivity contribution is 6.14. The lowest BCUT2D eigenvalue weighted by molar-refractivity contribution is 0.588. The van der Waals surface area contributed by atoms with Crippen molar-refractivity contribution in [3.05, 3.63) is 202 Å². The summed E-state index contributed by atoms with van der Waals surface area (Å²) in [4.78, 5) is 0. The van der Waals surface area contributed by atoms with E-state index in [4.69, 9.17) is 0 Å². The quantitative estimate of drug-likeness (QED) is 0.164. The zero-order chi connectivity index (χ0) is 46.7. The van der Waals surface area contributed by atoms with Crippen LogP contribution in [0.15, 0.2) is 158 Å². The van der Waals surface area contributed by atoms with Crippen molar-refractivity contribution in [2.75, 3.05) is 0 Å². The first-order valence-corrected chi connectivity index (χ1v) is 24.4. The van der Waals surface area contributed by atoms with E-state index in [1.54, 1.807) is 0 Å². The molecule has 8 aromatic carbocycles. The second-order valence-electron chi connectivity index (χ2n) is 23.9. The number of rotatable bonds is 2. The average molecular weight is 871 g/mol. The molecular formula is C65H62N2. The van der Waals surface area contributed by atoms with Gasteiger partial charge in [0.2, 0.25) is 0 Å². The van der Waals surface area contributed by atoms with E-state index < -0.39 is 5.41 Å². The Morgan fingerprint density at radius 3 is 1.24 bits per heavy atom. The van der Waals surface area contributed by atoms with Crippen molar-refractivity contribution >= 4 is 43.6 Å². The normalized spacial score (nSPS) is 14.4. The van der Waals surface area contributed by atoms with E-state index in [0.29, 0.717) is 0 Å². The molecule has 1 aliphatic carbocycles. The Hall–Kier alpha value is -6.64. The minimum absolute atomic E-state index is 0.00139. The largest absolute Gasteiger partial charge is 0.309 e. The Balaban J connectivity index is 1.32. The van der Waals surface area contributed by atoms with Gasteiger partial charge >= 0.3 is 0 Å². The maximum atomic E-state index is 2.66. The van der Waals surface area contributed by atoms with Crippen molar-refractivity contribution in [1.29, 1.82) is 0 Å². The molecule has 0 atom stereocenters. The van der Waals surface area contributed by atoms with Gasteiger partial charge in [0.15, 0.2) is 0 Å². The molecule has 3 heterocycles. The molecule has 0 radical (unpaired) electrons. The summed E-state index contributed by atoms with van der Waals surface area (Å²) in [6.45, 7) is 28.1. The minimum atomic E-state index is -0.592. The lowest BCUT2D eigenvalue weighted by Gasteiger charge is -2.41. The first-order valence-electron chi connectivity index (χ1n) is 24.4. The molecule has 0 saturated heterocycles. The van der Waals surface area contributed by atoms with Gasteiger partial charge in [0, 0.05) is 27.1 Å². The SMILES string of the molecule is CC(C)(C)c1ccc2c(c1)c1cc(C(C)(C)C)ccc1n2-c1cc2c(cc1-c1ccccc1)C1(c3ccccc3-c3ccccc31)c1cc(C(C)(C)C)cc3c4cc(C(C)(C)C)ccc4n-2c13. The molecule has 2 heteroatoms. The third-order valence-corrected chi connectivity index (χ3v) is 15.5. The molecule has 0 N–H and O–H groups in total. The summed E-state index contributed by atoms with van der Waals surface area (Å²) in [6, 6.07) is 61.8. The maximum absolute atomic E-state index is 2.66. The van der Waals surface area contributed by atoms with Crippen LogP contribution < -0.4 is 0 Å². The van der Waals surface area contributed by atoms with Gasteiger partial charge in [0.25, 0.3) is 0 Å². The Bertz CT molecular complexity index is 3590. The number of hydrogen-bond acceptors (Lipinski definition) is 0. The van der Waals surface area contributed by atoms with Gasteiger partial charge in [-0.1, -0.05) is 186 Å². The van der Waals surface area contributed by atoms with Gasteiger partial charge in [-0.3, -0.25) is 0 Å². The molecule has 12 rings (SSSR count). The summed E-state index contributed by atoms with van der Waals surface area (Å²) in [6.07, 6.45) is 0. The fourth-order valence-electron chi connectivity index (χ4n) is 11.9. The smallest absolute Gasteiger partial charge is 0.0754 e. The molecule has 0 saturated carbocycles. The van der Waals surface area contributed by atoms with E-state index in [2.05, 4.69) is 250 Å². The predicted molar refractivity (Wildman–Crippen MR) is 286 cm³/mol. The fraction of sp³-hybridized carbons (Fsp3) is 0.262. The summed E-state index contributed by atoms with van der Waals surface area (Å²) in [5.41, 5.74) is 22.5. The second-order valence-corrected chi connectivity index (χ2v) is 23.9. The van der Waals surface area contributed by atoms with E-state index in [9.17, 15) is 0 Å². The van der Waals surface area contributed by atoms with Crippen LogP contribution >= 0.6 is 0 Å². The lowest BCUT2D eigenvalue weighted by Crippen LogP contribution is -2.34. The number of fused-ring (bicyclic) bond motifs is 15. The van der Waals surface area contributed by atoms with Gasteiger partial charge in [-0.05, 0) is 137 Å². The fourth-order valence-corrected chi connectivity index (χ4v) is 11.9. The monoisotopic (exact) mass is 870 g/mol. The molecule has 2 aromatic heterocycles. The van der Waals surface area contributed by atoms with E-state index >= 15 is 0 Å². The molecule has 0 bridgehead atoms. The molecule has 2 nitrogen and oxygen atoms in total. The van der Waals surface area contributed by atoms with Crippen LogP contribution in [0.5, 0.6) is 0 Å². The first kappa shape index (κ1) is 41.8. The summed E-state index contributed by atoms with van der Waals surface area (Å²) >= 11 is 0. The van der Waals surface area contributed by atoms with Gasteiger partial charge in [-0.15, -0.1) is 0 Å². The maximum Gasteiger partial charge on any atom is 0.0754 e. The lowest BCUT2D eigenvalue weighted by atomic mass is 9.64. The molecule has 10 aromatic rings. The molecule has 2 aliphatic rings. The highest BCUT2D eigenvalue weighted by Gasteiger charge is 2.51. The topological polar surface area (TPSA) is 9.86 Å². The van der Waals surface area contributed by atoms with Crippen LogP contribution in [0.25, 0.3) is 77.2 Å². The molecule has 332 valence electrons. The van der Waals surface area contributed by atoms with Crippen LogP contribution in [0.3, 0.4) is 0 Å². The number of hydrogen-bond donors (Lipinski definition) is 0. The third kappa shape index (κ3) is 5.87. The van der Waals surface area contributed by atoms with E-state index in [1.807, 2.05) is 0 Å². The molecular weight excluding hydrogens is 809 g/mol. The third-order valence-electron chi connectivity index (χ3n) is 15.5. The molecule has 0 unspecified atom stereocenters. The Morgan fingerprint density at radius 2 is 0.746 bits per heavy atom. The van der Waals surface area contributed by atoms with Crippen molar-refractivity contribution in [3.8, 4) is 33.6 Å². The Morgan fingerprint density at radius 1 is 0.313 bits per heavy atom. The van der Waals surface area contributed by atoms with Crippen LogP contribution in [0.4, 0.5) is 0 Å². The predicted octanol–water partition coefficient (Wildman–Crippen LogP) is 17.4. The summed E-state index contributed by atoms with van der Waals surface area (Å²) in [5.74, 6) is 0. The Labute approximate surface area is 396 Å². The second kappa shape index (κ2) is 13.7. The van der Waals surface area contributed by atoms with Gasteiger partial charge < -0.3 is 9.13 Å². The van der Waals surface area contributed by atoms with Crippen molar-refractivity contribution in [3.63, 3.8) is 0 Å². The van der Waals surface area contributed by atoms with E-state index in [0.717, 1.165) is 0 Å². The van der Waals surface area contributed by atoms with Gasteiger partial charge in [-0.2, -0.15) is 0 Å².